The Morgan fingerprint density at radius 2 is 1.80 bits per heavy atom. The van der Waals surface area contributed by atoms with Crippen molar-refractivity contribution in [3.05, 3.63) is 82.3 Å². The molecular weight excluding hydrogens is 489 g/mol. The molecule has 1 saturated heterocycles. The number of amides is 2. The molecule has 0 aliphatic carbocycles. The minimum Gasteiger partial charge on any atom is -0.490 e. The number of anilines is 2. The first kappa shape index (κ1) is 24.7. The maximum absolute atomic E-state index is 12.7. The molecule has 2 amide bonds. The van der Waals surface area contributed by atoms with Crippen molar-refractivity contribution < 1.29 is 19.1 Å². The van der Waals surface area contributed by atoms with E-state index < -0.39 is 5.92 Å². The molecule has 35 heavy (non-hydrogen) atoms. The van der Waals surface area contributed by atoms with Crippen LogP contribution in [-0.4, -0.2) is 25.0 Å². The molecule has 1 atom stereocenters. The molecular formula is C26H25Cl2N3O4. The van der Waals surface area contributed by atoms with Crippen LogP contribution in [0.3, 0.4) is 0 Å². The first-order chi connectivity index (χ1) is 16.9. The van der Waals surface area contributed by atoms with Crippen LogP contribution in [0.25, 0.3) is 0 Å². The van der Waals surface area contributed by atoms with Gasteiger partial charge in [-0.05, 0) is 48.9 Å². The Morgan fingerprint density at radius 3 is 2.54 bits per heavy atom. The molecule has 1 fully saturated rings. The van der Waals surface area contributed by atoms with E-state index in [0.29, 0.717) is 40.4 Å². The van der Waals surface area contributed by atoms with Crippen LogP contribution in [0.4, 0.5) is 11.4 Å². The van der Waals surface area contributed by atoms with Gasteiger partial charge >= 0.3 is 0 Å². The fourth-order valence-corrected chi connectivity index (χ4v) is 4.06. The Bertz CT molecular complexity index is 1210. The van der Waals surface area contributed by atoms with Crippen molar-refractivity contribution in [3.8, 4) is 11.5 Å². The number of ether oxygens (including phenoxy) is 2. The summed E-state index contributed by atoms with van der Waals surface area (Å²) in [5, 5.41) is 0.946. The average molecular weight is 514 g/mol. The van der Waals surface area contributed by atoms with Gasteiger partial charge in [-0.2, -0.15) is 0 Å². The summed E-state index contributed by atoms with van der Waals surface area (Å²) >= 11 is 12.0. The molecule has 0 radical (unpaired) electrons. The molecule has 1 aliphatic rings. The van der Waals surface area contributed by atoms with E-state index in [1.54, 1.807) is 35.2 Å². The van der Waals surface area contributed by atoms with Gasteiger partial charge < -0.3 is 14.4 Å². The van der Waals surface area contributed by atoms with Crippen LogP contribution in [0, 0.1) is 5.92 Å². The third kappa shape index (κ3) is 6.18. The van der Waals surface area contributed by atoms with Crippen molar-refractivity contribution in [2.24, 2.45) is 5.92 Å². The number of halogens is 2. The highest BCUT2D eigenvalue weighted by Crippen LogP contribution is 2.32. The summed E-state index contributed by atoms with van der Waals surface area (Å²) < 4.78 is 11.6. The topological polar surface area (TPSA) is 79.9 Å². The van der Waals surface area contributed by atoms with E-state index in [1.807, 2.05) is 43.3 Å². The standard InChI is InChI=1S/C26H25Cl2N3O4/c1-2-34-24-14-19(9-11-23(24)35-16-17-8-10-21(27)22(28)12-17)29-30-26(33)18-13-25(32)31(15-18)20-6-4-3-5-7-20/h3-12,14,18,29H,2,13,15-16H2,1H3,(H,30,33)/t18-/m1/s1. The minimum absolute atomic E-state index is 0.0709. The summed E-state index contributed by atoms with van der Waals surface area (Å²) in [5.74, 6) is 0.302. The zero-order valence-corrected chi connectivity index (χ0v) is 20.6. The first-order valence-electron chi connectivity index (χ1n) is 11.2. The van der Waals surface area contributed by atoms with Crippen molar-refractivity contribution in [2.75, 3.05) is 23.5 Å². The van der Waals surface area contributed by atoms with Crippen LogP contribution in [0.2, 0.25) is 10.0 Å². The monoisotopic (exact) mass is 513 g/mol. The predicted molar refractivity (Wildman–Crippen MR) is 137 cm³/mol. The SMILES string of the molecule is CCOc1cc(NNC(=O)[C@@H]2CC(=O)N(c3ccccc3)C2)ccc1OCc1ccc(Cl)c(Cl)c1. The van der Waals surface area contributed by atoms with Crippen LogP contribution in [0.15, 0.2) is 66.7 Å². The number of hydrogen-bond acceptors (Lipinski definition) is 5. The van der Waals surface area contributed by atoms with Gasteiger partial charge in [0.25, 0.3) is 0 Å². The molecule has 0 aromatic heterocycles. The van der Waals surface area contributed by atoms with Crippen LogP contribution < -0.4 is 25.2 Å². The van der Waals surface area contributed by atoms with E-state index in [0.717, 1.165) is 11.3 Å². The highest BCUT2D eigenvalue weighted by atomic mass is 35.5. The Morgan fingerprint density at radius 1 is 1.00 bits per heavy atom. The van der Waals surface area contributed by atoms with Gasteiger partial charge in [0.1, 0.15) is 6.61 Å². The number of nitrogens with one attached hydrogen (secondary N) is 2. The summed E-state index contributed by atoms with van der Waals surface area (Å²) in [6.45, 7) is 2.94. The molecule has 0 saturated carbocycles. The van der Waals surface area contributed by atoms with E-state index >= 15 is 0 Å². The van der Waals surface area contributed by atoms with Crippen LogP contribution in [0.1, 0.15) is 18.9 Å². The lowest BCUT2D eigenvalue weighted by molar-refractivity contribution is -0.125. The van der Waals surface area contributed by atoms with Gasteiger partial charge in [-0.3, -0.25) is 20.4 Å². The number of hydrazine groups is 1. The normalized spacial score (nSPS) is 15.1. The lowest BCUT2D eigenvalue weighted by Gasteiger charge is -2.17. The summed E-state index contributed by atoms with van der Waals surface area (Å²) in [7, 11) is 0. The fourth-order valence-electron chi connectivity index (χ4n) is 3.74. The minimum atomic E-state index is -0.449. The van der Waals surface area contributed by atoms with Gasteiger partial charge in [0.05, 0.1) is 28.3 Å². The number of nitrogens with zero attached hydrogens (tertiary/aromatic N) is 1. The molecule has 4 rings (SSSR count). The van der Waals surface area contributed by atoms with E-state index in [2.05, 4.69) is 10.9 Å². The number of carbonyl (C=O) groups is 2. The van der Waals surface area contributed by atoms with Crippen molar-refractivity contribution >= 4 is 46.4 Å². The molecule has 2 N–H and O–H groups in total. The van der Waals surface area contributed by atoms with Crippen LogP contribution in [-0.2, 0) is 16.2 Å². The molecule has 3 aromatic rings. The van der Waals surface area contributed by atoms with Gasteiger partial charge in [-0.1, -0.05) is 47.5 Å². The summed E-state index contributed by atoms with van der Waals surface area (Å²) in [5.41, 5.74) is 7.88. The van der Waals surface area contributed by atoms with E-state index in [4.69, 9.17) is 32.7 Å². The third-order valence-electron chi connectivity index (χ3n) is 5.52. The second-order valence-corrected chi connectivity index (χ2v) is 8.80. The van der Waals surface area contributed by atoms with Gasteiger partial charge in [-0.25, -0.2) is 0 Å². The largest absolute Gasteiger partial charge is 0.490 e. The van der Waals surface area contributed by atoms with Gasteiger partial charge in [-0.15, -0.1) is 0 Å². The van der Waals surface area contributed by atoms with Gasteiger partial charge in [0.15, 0.2) is 11.5 Å². The molecule has 7 nitrogen and oxygen atoms in total. The van der Waals surface area contributed by atoms with Gasteiger partial charge in [0, 0.05) is 24.7 Å². The number of benzene rings is 3. The van der Waals surface area contributed by atoms with Crippen LogP contribution >= 0.6 is 23.2 Å². The number of para-hydroxylation sites is 1. The second kappa shape index (κ2) is 11.3. The summed E-state index contributed by atoms with van der Waals surface area (Å²) in [6, 6.07) is 19.9. The zero-order chi connectivity index (χ0) is 24.8. The maximum Gasteiger partial charge on any atom is 0.243 e. The Labute approximate surface area is 213 Å². The zero-order valence-electron chi connectivity index (χ0n) is 19.1. The van der Waals surface area contributed by atoms with Crippen molar-refractivity contribution in [2.45, 2.75) is 20.0 Å². The third-order valence-corrected chi connectivity index (χ3v) is 6.25. The lowest BCUT2D eigenvalue weighted by Crippen LogP contribution is -2.36. The quantitative estimate of drug-likeness (QED) is 0.371. The molecule has 3 aromatic carbocycles. The van der Waals surface area contributed by atoms with Crippen molar-refractivity contribution in [1.82, 2.24) is 5.43 Å². The Balaban J connectivity index is 1.36. The molecule has 182 valence electrons. The molecule has 0 unspecified atom stereocenters. The van der Waals surface area contributed by atoms with E-state index in [9.17, 15) is 9.59 Å². The number of hydrogen-bond donors (Lipinski definition) is 2. The smallest absolute Gasteiger partial charge is 0.243 e. The summed E-state index contributed by atoms with van der Waals surface area (Å²) in [4.78, 5) is 26.7. The fraction of sp³-hybridized carbons (Fsp3) is 0.231. The van der Waals surface area contributed by atoms with E-state index in [1.165, 1.54) is 0 Å². The number of rotatable bonds is 9. The molecule has 0 bridgehead atoms. The second-order valence-electron chi connectivity index (χ2n) is 7.99. The molecule has 0 spiro atoms. The number of carbonyl (C=O) groups excluding carboxylic acids is 2. The van der Waals surface area contributed by atoms with Gasteiger partial charge in [0.2, 0.25) is 11.8 Å². The average Bonchev–Trinajstić information content (AvgIpc) is 3.26. The van der Waals surface area contributed by atoms with Crippen molar-refractivity contribution in [1.29, 1.82) is 0 Å². The molecule has 1 aliphatic heterocycles. The van der Waals surface area contributed by atoms with Crippen LogP contribution in [0.5, 0.6) is 11.5 Å². The Kier molecular flexibility index (Phi) is 8.00. The Hall–Kier alpha value is -3.42. The summed E-state index contributed by atoms with van der Waals surface area (Å²) in [6.07, 6.45) is 0.161. The van der Waals surface area contributed by atoms with Crippen molar-refractivity contribution in [3.63, 3.8) is 0 Å². The highest BCUT2D eigenvalue weighted by Gasteiger charge is 2.35. The molecule has 1 heterocycles. The maximum atomic E-state index is 12.7. The first-order valence-corrected chi connectivity index (χ1v) is 11.9. The highest BCUT2D eigenvalue weighted by molar-refractivity contribution is 6.42. The lowest BCUT2D eigenvalue weighted by atomic mass is 10.1. The molecule has 9 heteroatoms. The predicted octanol–water partition coefficient (Wildman–Crippen LogP) is 5.47. The van der Waals surface area contributed by atoms with E-state index in [-0.39, 0.29) is 24.8 Å².